The lowest BCUT2D eigenvalue weighted by atomic mass is 9.81. The van der Waals surface area contributed by atoms with Crippen LogP contribution in [0.1, 0.15) is 44.9 Å². The number of likely N-dealkylation sites (tertiary alicyclic amines) is 1. The van der Waals surface area contributed by atoms with Gasteiger partial charge in [-0.05, 0) is 51.6 Å². The summed E-state index contributed by atoms with van der Waals surface area (Å²) in [6.07, 6.45) is 5.13. The maximum Gasteiger partial charge on any atom is 0.225 e. The highest BCUT2D eigenvalue weighted by atomic mass is 16.2. The first-order valence-electron chi connectivity index (χ1n) is 12.9. The number of primary amides is 1. The van der Waals surface area contributed by atoms with Gasteiger partial charge in [-0.1, -0.05) is 0 Å². The standard InChI is InChI=1S/C24H42N6O4/c1-28-17-20(16-21(28)31)24(34)27-9-3-11-30-14-12-29(13-15-30)10-2-8-26-23(33)19-6-4-18(5-7-19)22(25)32/h18-20H,2-17H2,1H3,(H2,25,32)(H,26,33)(H,27,34). The molecule has 0 aromatic carbocycles. The molecule has 3 rings (SSSR count). The minimum atomic E-state index is -0.239. The van der Waals surface area contributed by atoms with Crippen molar-refractivity contribution in [1.29, 1.82) is 0 Å². The van der Waals surface area contributed by atoms with Gasteiger partial charge in [0.2, 0.25) is 23.6 Å². The molecule has 2 aliphatic heterocycles. The zero-order chi connectivity index (χ0) is 24.5. The average Bonchev–Trinajstić information content (AvgIpc) is 3.18. The molecule has 3 fully saturated rings. The Morgan fingerprint density at radius 1 is 0.824 bits per heavy atom. The molecule has 1 aliphatic carbocycles. The molecule has 4 amide bonds. The van der Waals surface area contributed by atoms with Gasteiger partial charge in [-0.25, -0.2) is 0 Å². The maximum atomic E-state index is 12.3. The van der Waals surface area contributed by atoms with Gasteiger partial charge in [0.1, 0.15) is 0 Å². The Labute approximate surface area is 202 Å². The van der Waals surface area contributed by atoms with Crippen LogP contribution < -0.4 is 16.4 Å². The molecule has 0 spiro atoms. The third kappa shape index (κ3) is 7.94. The maximum absolute atomic E-state index is 12.3. The van der Waals surface area contributed by atoms with Crippen molar-refractivity contribution in [3.05, 3.63) is 0 Å². The van der Waals surface area contributed by atoms with Gasteiger partial charge in [-0.3, -0.25) is 19.2 Å². The van der Waals surface area contributed by atoms with Gasteiger partial charge in [-0.15, -0.1) is 0 Å². The monoisotopic (exact) mass is 478 g/mol. The first-order valence-corrected chi connectivity index (χ1v) is 12.9. The summed E-state index contributed by atoms with van der Waals surface area (Å²) < 4.78 is 0. The fourth-order valence-corrected chi connectivity index (χ4v) is 5.23. The predicted octanol–water partition coefficient (Wildman–Crippen LogP) is -0.613. The second-order valence-electron chi connectivity index (χ2n) is 10.1. The van der Waals surface area contributed by atoms with Crippen LogP contribution in [0.5, 0.6) is 0 Å². The molecule has 0 aromatic rings. The minimum absolute atomic E-state index is 0.00653. The summed E-state index contributed by atoms with van der Waals surface area (Å²) in [6, 6.07) is 0. The van der Waals surface area contributed by atoms with E-state index in [-0.39, 0.29) is 41.4 Å². The summed E-state index contributed by atoms with van der Waals surface area (Å²) in [5.74, 6) is -0.332. The molecule has 0 bridgehead atoms. The van der Waals surface area contributed by atoms with Crippen molar-refractivity contribution in [3.8, 4) is 0 Å². The zero-order valence-electron chi connectivity index (χ0n) is 20.6. The van der Waals surface area contributed by atoms with E-state index in [9.17, 15) is 19.2 Å². The number of hydrogen-bond acceptors (Lipinski definition) is 6. The highest BCUT2D eigenvalue weighted by Gasteiger charge is 2.32. The fraction of sp³-hybridized carbons (Fsp3) is 0.833. The van der Waals surface area contributed by atoms with Gasteiger partial charge in [0, 0.05) is 71.1 Å². The molecule has 34 heavy (non-hydrogen) atoms. The number of carbonyl (C=O) groups excluding carboxylic acids is 4. The third-order valence-electron chi connectivity index (χ3n) is 7.58. The Bertz CT molecular complexity index is 716. The SMILES string of the molecule is CN1CC(C(=O)NCCCN2CCN(CCCNC(=O)C3CCC(C(N)=O)CC3)CC2)CC1=O. The van der Waals surface area contributed by atoms with E-state index < -0.39 is 0 Å². The molecule has 4 N–H and O–H groups in total. The van der Waals surface area contributed by atoms with Crippen molar-refractivity contribution in [3.63, 3.8) is 0 Å². The fourth-order valence-electron chi connectivity index (χ4n) is 5.23. The Morgan fingerprint density at radius 3 is 1.74 bits per heavy atom. The highest BCUT2D eigenvalue weighted by molar-refractivity contribution is 5.89. The summed E-state index contributed by atoms with van der Waals surface area (Å²) in [6.45, 7) is 7.89. The number of piperazine rings is 1. The van der Waals surface area contributed by atoms with Gasteiger partial charge in [0.15, 0.2) is 0 Å². The lowest BCUT2D eigenvalue weighted by Crippen LogP contribution is -2.47. The Kier molecular flexibility index (Phi) is 10.1. The lowest BCUT2D eigenvalue weighted by Gasteiger charge is -2.34. The first kappa shape index (κ1) is 26.4. The Hall–Kier alpha value is -2.20. The van der Waals surface area contributed by atoms with Crippen LogP contribution in [-0.2, 0) is 19.2 Å². The van der Waals surface area contributed by atoms with Gasteiger partial charge in [-0.2, -0.15) is 0 Å². The summed E-state index contributed by atoms with van der Waals surface area (Å²) in [7, 11) is 1.74. The third-order valence-corrected chi connectivity index (χ3v) is 7.58. The van der Waals surface area contributed by atoms with Crippen molar-refractivity contribution in [2.24, 2.45) is 23.5 Å². The number of amides is 4. The van der Waals surface area contributed by atoms with Gasteiger partial charge < -0.3 is 31.1 Å². The summed E-state index contributed by atoms with van der Waals surface area (Å²) >= 11 is 0. The van der Waals surface area contributed by atoms with Gasteiger partial charge in [0.05, 0.1) is 5.92 Å². The average molecular weight is 479 g/mol. The van der Waals surface area contributed by atoms with E-state index >= 15 is 0 Å². The topological polar surface area (TPSA) is 128 Å². The second-order valence-corrected chi connectivity index (χ2v) is 10.1. The van der Waals surface area contributed by atoms with Crippen LogP contribution in [0.4, 0.5) is 0 Å². The van der Waals surface area contributed by atoms with E-state index in [1.165, 1.54) is 0 Å². The molecule has 192 valence electrons. The van der Waals surface area contributed by atoms with E-state index in [0.29, 0.717) is 26.1 Å². The quantitative estimate of drug-likeness (QED) is 0.340. The number of carbonyl (C=O) groups is 4. The molecular formula is C24H42N6O4. The zero-order valence-corrected chi connectivity index (χ0v) is 20.6. The van der Waals surface area contributed by atoms with Crippen LogP contribution in [0.2, 0.25) is 0 Å². The number of nitrogens with one attached hydrogen (secondary N) is 2. The number of nitrogens with zero attached hydrogens (tertiary/aromatic N) is 3. The molecule has 1 atom stereocenters. The molecule has 0 radical (unpaired) electrons. The molecule has 2 heterocycles. The number of hydrogen-bond donors (Lipinski definition) is 3. The summed E-state index contributed by atoms with van der Waals surface area (Å²) in [5, 5.41) is 6.04. The summed E-state index contributed by atoms with van der Waals surface area (Å²) in [4.78, 5) is 53.8. The van der Waals surface area contributed by atoms with Crippen LogP contribution in [-0.4, -0.2) is 104 Å². The molecule has 1 unspecified atom stereocenters. The molecular weight excluding hydrogens is 436 g/mol. The van der Waals surface area contributed by atoms with Crippen LogP contribution in [0.15, 0.2) is 0 Å². The van der Waals surface area contributed by atoms with Crippen molar-refractivity contribution >= 4 is 23.6 Å². The van der Waals surface area contributed by atoms with Crippen molar-refractivity contribution in [2.75, 3.05) is 66.0 Å². The van der Waals surface area contributed by atoms with Crippen LogP contribution in [0.3, 0.4) is 0 Å². The lowest BCUT2D eigenvalue weighted by molar-refractivity contribution is -0.129. The number of rotatable bonds is 11. The second kappa shape index (κ2) is 13.0. The Balaban J connectivity index is 1.18. The summed E-state index contributed by atoms with van der Waals surface area (Å²) in [5.41, 5.74) is 5.36. The molecule has 2 saturated heterocycles. The van der Waals surface area contributed by atoms with E-state index in [1.807, 2.05) is 0 Å². The molecule has 0 aromatic heterocycles. The molecule has 3 aliphatic rings. The van der Waals surface area contributed by atoms with Crippen LogP contribution >= 0.6 is 0 Å². The van der Waals surface area contributed by atoms with Gasteiger partial charge in [0.25, 0.3) is 0 Å². The van der Waals surface area contributed by atoms with Crippen molar-refractivity contribution in [2.45, 2.75) is 44.9 Å². The van der Waals surface area contributed by atoms with Crippen molar-refractivity contribution in [1.82, 2.24) is 25.3 Å². The normalized spacial score (nSPS) is 26.4. The van der Waals surface area contributed by atoms with E-state index in [1.54, 1.807) is 11.9 Å². The van der Waals surface area contributed by atoms with E-state index in [0.717, 1.165) is 77.8 Å². The van der Waals surface area contributed by atoms with Gasteiger partial charge >= 0.3 is 0 Å². The van der Waals surface area contributed by atoms with Crippen LogP contribution in [0.25, 0.3) is 0 Å². The minimum Gasteiger partial charge on any atom is -0.369 e. The van der Waals surface area contributed by atoms with Crippen molar-refractivity contribution < 1.29 is 19.2 Å². The van der Waals surface area contributed by atoms with E-state index in [4.69, 9.17) is 5.73 Å². The number of nitrogens with two attached hydrogens (primary N) is 1. The molecule has 1 saturated carbocycles. The first-order chi connectivity index (χ1) is 16.3. The Morgan fingerprint density at radius 2 is 1.29 bits per heavy atom. The smallest absolute Gasteiger partial charge is 0.225 e. The predicted molar refractivity (Wildman–Crippen MR) is 129 cm³/mol. The largest absolute Gasteiger partial charge is 0.369 e. The van der Waals surface area contributed by atoms with E-state index in [2.05, 4.69) is 20.4 Å². The highest BCUT2D eigenvalue weighted by Crippen LogP contribution is 2.28. The molecule has 10 heteroatoms. The van der Waals surface area contributed by atoms with Crippen LogP contribution in [0, 0.1) is 17.8 Å². The molecule has 10 nitrogen and oxygen atoms in total.